The van der Waals surface area contributed by atoms with Crippen LogP contribution in [0.5, 0.6) is 0 Å². The monoisotopic (exact) mass is 277 g/mol. The summed E-state index contributed by atoms with van der Waals surface area (Å²) in [5, 5.41) is 2.35. The molecule has 1 unspecified atom stereocenters. The molecule has 7 heteroatoms. The number of imide groups is 1. The zero-order chi connectivity index (χ0) is 14.7. The summed E-state index contributed by atoms with van der Waals surface area (Å²) >= 11 is 0. The Labute approximate surface area is 117 Å². The van der Waals surface area contributed by atoms with Crippen molar-refractivity contribution in [3.05, 3.63) is 11.9 Å². The zero-order valence-electron chi connectivity index (χ0n) is 11.7. The Balaban J connectivity index is 2.44. The van der Waals surface area contributed by atoms with Crippen molar-refractivity contribution in [2.45, 2.75) is 39.2 Å². The van der Waals surface area contributed by atoms with Crippen LogP contribution in [0.15, 0.2) is 6.33 Å². The summed E-state index contributed by atoms with van der Waals surface area (Å²) in [5.74, 6) is 0.391. The van der Waals surface area contributed by atoms with Crippen molar-refractivity contribution in [1.82, 2.24) is 15.3 Å². The molecule has 0 aromatic carbocycles. The SMILES string of the molecule is CCCc1c(N)ncnc1N1CC(=O)NC(=O)C1CC. The number of carbonyl (C=O) groups is 2. The van der Waals surface area contributed by atoms with Gasteiger partial charge in [-0.25, -0.2) is 9.97 Å². The normalized spacial score (nSPS) is 19.1. The molecule has 0 bridgehead atoms. The van der Waals surface area contributed by atoms with E-state index in [1.165, 1.54) is 6.33 Å². The number of aromatic nitrogens is 2. The lowest BCUT2D eigenvalue weighted by molar-refractivity contribution is -0.132. The molecule has 3 N–H and O–H groups in total. The summed E-state index contributed by atoms with van der Waals surface area (Å²) in [6, 6.07) is -0.405. The van der Waals surface area contributed by atoms with Crippen LogP contribution in [-0.2, 0) is 16.0 Å². The Kier molecular flexibility index (Phi) is 4.16. The average Bonchev–Trinajstić information content (AvgIpc) is 2.40. The van der Waals surface area contributed by atoms with Gasteiger partial charge in [0.15, 0.2) is 0 Å². The molecule has 0 aliphatic carbocycles. The van der Waals surface area contributed by atoms with E-state index in [1.807, 2.05) is 13.8 Å². The summed E-state index contributed by atoms with van der Waals surface area (Å²) in [6.45, 7) is 4.04. The number of piperazine rings is 1. The molecule has 1 atom stereocenters. The zero-order valence-corrected chi connectivity index (χ0v) is 11.7. The highest BCUT2D eigenvalue weighted by Crippen LogP contribution is 2.26. The molecule has 108 valence electrons. The maximum atomic E-state index is 11.9. The second-order valence-electron chi connectivity index (χ2n) is 4.78. The number of nitrogens with two attached hydrogens (primary N) is 1. The number of carbonyl (C=O) groups excluding carboxylic acids is 2. The van der Waals surface area contributed by atoms with Gasteiger partial charge >= 0.3 is 0 Å². The molecule has 1 aromatic heterocycles. The predicted octanol–water partition coefficient (Wildman–Crippen LogP) is 0.253. The van der Waals surface area contributed by atoms with Crippen molar-refractivity contribution in [3.63, 3.8) is 0 Å². The first-order valence-electron chi connectivity index (χ1n) is 6.78. The van der Waals surface area contributed by atoms with Gasteiger partial charge < -0.3 is 10.6 Å². The number of hydrogen-bond donors (Lipinski definition) is 2. The molecular formula is C13H19N5O2. The van der Waals surface area contributed by atoms with E-state index < -0.39 is 6.04 Å². The summed E-state index contributed by atoms with van der Waals surface area (Å²) in [5.41, 5.74) is 6.71. The van der Waals surface area contributed by atoms with Gasteiger partial charge in [0.1, 0.15) is 24.0 Å². The summed E-state index contributed by atoms with van der Waals surface area (Å²) < 4.78 is 0. The lowest BCUT2D eigenvalue weighted by Crippen LogP contribution is -2.58. The van der Waals surface area contributed by atoms with Crippen LogP contribution in [0.4, 0.5) is 11.6 Å². The molecule has 20 heavy (non-hydrogen) atoms. The van der Waals surface area contributed by atoms with E-state index >= 15 is 0 Å². The molecule has 2 amide bonds. The fraction of sp³-hybridized carbons (Fsp3) is 0.538. The van der Waals surface area contributed by atoms with Crippen molar-refractivity contribution >= 4 is 23.5 Å². The lowest BCUT2D eigenvalue weighted by Gasteiger charge is -2.35. The maximum absolute atomic E-state index is 11.9. The van der Waals surface area contributed by atoms with Crippen LogP contribution in [0.2, 0.25) is 0 Å². The Bertz CT molecular complexity index is 531. The topological polar surface area (TPSA) is 101 Å². The van der Waals surface area contributed by atoms with E-state index in [1.54, 1.807) is 4.90 Å². The Morgan fingerprint density at radius 1 is 1.40 bits per heavy atom. The maximum Gasteiger partial charge on any atom is 0.249 e. The quantitative estimate of drug-likeness (QED) is 0.765. The minimum absolute atomic E-state index is 0.109. The smallest absolute Gasteiger partial charge is 0.249 e. The Morgan fingerprint density at radius 2 is 2.15 bits per heavy atom. The van der Waals surface area contributed by atoms with Crippen molar-refractivity contribution in [1.29, 1.82) is 0 Å². The first kappa shape index (κ1) is 14.2. The number of nitrogen functional groups attached to an aromatic ring is 1. The van der Waals surface area contributed by atoms with E-state index in [0.29, 0.717) is 24.5 Å². The third kappa shape index (κ3) is 2.56. The Morgan fingerprint density at radius 3 is 2.80 bits per heavy atom. The number of anilines is 2. The summed E-state index contributed by atoms with van der Waals surface area (Å²) in [7, 11) is 0. The largest absolute Gasteiger partial charge is 0.383 e. The van der Waals surface area contributed by atoms with Gasteiger partial charge in [0.05, 0.1) is 6.54 Å². The van der Waals surface area contributed by atoms with Crippen LogP contribution in [0.3, 0.4) is 0 Å². The molecule has 0 radical (unpaired) electrons. The van der Waals surface area contributed by atoms with Gasteiger partial charge in [-0.15, -0.1) is 0 Å². The summed E-state index contributed by atoms with van der Waals surface area (Å²) in [6.07, 6.45) is 3.56. The van der Waals surface area contributed by atoms with E-state index in [4.69, 9.17) is 5.73 Å². The molecule has 1 aliphatic rings. The number of amides is 2. The number of nitrogens with one attached hydrogen (secondary N) is 1. The first-order valence-corrected chi connectivity index (χ1v) is 6.78. The highest BCUT2D eigenvalue weighted by Gasteiger charge is 2.34. The minimum Gasteiger partial charge on any atom is -0.383 e. The van der Waals surface area contributed by atoms with E-state index in [2.05, 4.69) is 15.3 Å². The molecule has 1 saturated heterocycles. The van der Waals surface area contributed by atoms with Gasteiger partial charge in [-0.2, -0.15) is 0 Å². The molecule has 0 spiro atoms. The van der Waals surface area contributed by atoms with Crippen LogP contribution < -0.4 is 16.0 Å². The van der Waals surface area contributed by atoms with Gasteiger partial charge in [0, 0.05) is 5.56 Å². The standard InChI is InChI=1S/C13H19N5O2/c1-3-5-8-11(14)15-7-16-12(8)18-6-10(19)17-13(20)9(18)4-2/h7,9H,3-6H2,1-2H3,(H2,14,15,16)(H,17,19,20). The average molecular weight is 277 g/mol. The van der Waals surface area contributed by atoms with Crippen LogP contribution in [0.25, 0.3) is 0 Å². The van der Waals surface area contributed by atoms with Crippen molar-refractivity contribution in [2.75, 3.05) is 17.2 Å². The van der Waals surface area contributed by atoms with Crippen LogP contribution in [0.1, 0.15) is 32.3 Å². The van der Waals surface area contributed by atoms with Crippen LogP contribution in [0, 0.1) is 0 Å². The van der Waals surface area contributed by atoms with Gasteiger partial charge in [0.25, 0.3) is 0 Å². The van der Waals surface area contributed by atoms with Crippen molar-refractivity contribution in [3.8, 4) is 0 Å². The fourth-order valence-corrected chi connectivity index (χ4v) is 2.45. The summed E-state index contributed by atoms with van der Waals surface area (Å²) in [4.78, 5) is 33.5. The number of nitrogens with zero attached hydrogens (tertiary/aromatic N) is 3. The van der Waals surface area contributed by atoms with Crippen molar-refractivity contribution in [2.24, 2.45) is 0 Å². The van der Waals surface area contributed by atoms with Gasteiger partial charge in [-0.05, 0) is 12.8 Å². The van der Waals surface area contributed by atoms with Gasteiger partial charge in [-0.1, -0.05) is 20.3 Å². The second kappa shape index (κ2) is 5.85. The highest BCUT2D eigenvalue weighted by molar-refractivity contribution is 6.04. The highest BCUT2D eigenvalue weighted by atomic mass is 16.2. The number of rotatable bonds is 4. The molecule has 1 fully saturated rings. The molecule has 0 saturated carbocycles. The lowest BCUT2D eigenvalue weighted by atomic mass is 10.1. The second-order valence-corrected chi connectivity index (χ2v) is 4.78. The predicted molar refractivity (Wildman–Crippen MR) is 75.0 cm³/mol. The number of hydrogen-bond acceptors (Lipinski definition) is 6. The molecule has 7 nitrogen and oxygen atoms in total. The first-order chi connectivity index (χ1) is 9.58. The molecule has 1 aliphatic heterocycles. The van der Waals surface area contributed by atoms with E-state index in [-0.39, 0.29) is 18.4 Å². The molecule has 2 rings (SSSR count). The van der Waals surface area contributed by atoms with Gasteiger partial charge in [-0.3, -0.25) is 14.9 Å². The van der Waals surface area contributed by atoms with Crippen LogP contribution in [-0.4, -0.2) is 34.4 Å². The third-order valence-electron chi connectivity index (χ3n) is 3.37. The Hall–Kier alpha value is -2.18. The van der Waals surface area contributed by atoms with E-state index in [0.717, 1.165) is 12.0 Å². The molecular weight excluding hydrogens is 258 g/mol. The van der Waals surface area contributed by atoms with Crippen LogP contribution >= 0.6 is 0 Å². The van der Waals surface area contributed by atoms with E-state index in [9.17, 15) is 9.59 Å². The minimum atomic E-state index is -0.405. The van der Waals surface area contributed by atoms with Gasteiger partial charge in [0.2, 0.25) is 11.8 Å². The van der Waals surface area contributed by atoms with Crippen molar-refractivity contribution < 1.29 is 9.59 Å². The molecule has 2 heterocycles. The fourth-order valence-electron chi connectivity index (χ4n) is 2.45. The molecule has 1 aromatic rings. The third-order valence-corrected chi connectivity index (χ3v) is 3.37.